The molecule has 0 spiro atoms. The van der Waals surface area contributed by atoms with Gasteiger partial charge in [-0.05, 0) is 196 Å². The summed E-state index contributed by atoms with van der Waals surface area (Å²) in [6, 6.07) is 36.5. The van der Waals surface area contributed by atoms with E-state index in [4.69, 9.17) is 33.0 Å². The molecule has 1 unspecified atom stereocenters. The number of alkyl carbamates (subject to hydrolysis) is 1. The third-order valence-electron chi connectivity index (χ3n) is 16.3. The predicted octanol–water partition coefficient (Wildman–Crippen LogP) is 12.9. The molecule has 11 nitrogen and oxygen atoms in total. The van der Waals surface area contributed by atoms with Crippen molar-refractivity contribution in [2.75, 3.05) is 60.4 Å². The summed E-state index contributed by atoms with van der Waals surface area (Å²) < 4.78 is 41.7. The lowest BCUT2D eigenvalue weighted by Gasteiger charge is -2.33. The summed E-state index contributed by atoms with van der Waals surface area (Å²) in [5.74, 6) is -0.765. The van der Waals surface area contributed by atoms with Crippen molar-refractivity contribution in [2.24, 2.45) is 0 Å². The monoisotopic (exact) mass is 1040 g/mol. The molecule has 1 heterocycles. The van der Waals surface area contributed by atoms with Gasteiger partial charge in [0.2, 0.25) is 0 Å². The number of hydrogen-bond donors (Lipinski definition) is 2. The molecule has 0 bridgehead atoms. The fraction of sp³-hybridized carbons (Fsp3) is 0.500. The minimum Gasteiger partial charge on any atom is -0.481 e. The van der Waals surface area contributed by atoms with Gasteiger partial charge in [-0.25, -0.2) is 4.79 Å². The Morgan fingerprint density at radius 3 is 1.58 bits per heavy atom. The van der Waals surface area contributed by atoms with Gasteiger partial charge in [-0.2, -0.15) is 0 Å². The lowest BCUT2D eigenvalue weighted by atomic mass is 9.70. The molecule has 76 heavy (non-hydrogen) atoms. The number of carbonyl (C=O) groups excluding carboxylic acids is 1. The van der Waals surface area contributed by atoms with Crippen LogP contribution in [0.3, 0.4) is 0 Å². The molecule has 3 aliphatic rings. The second-order valence-electron chi connectivity index (χ2n) is 23.3. The average Bonchev–Trinajstić information content (AvgIpc) is 3.91. The van der Waals surface area contributed by atoms with Crippen molar-refractivity contribution in [2.45, 2.75) is 147 Å². The van der Waals surface area contributed by atoms with Crippen molar-refractivity contribution in [3.8, 4) is 44.5 Å². The molecule has 1 fully saturated rings. The van der Waals surface area contributed by atoms with Crippen LogP contribution in [0.1, 0.15) is 141 Å². The van der Waals surface area contributed by atoms with Gasteiger partial charge in [0.25, 0.3) is 0 Å². The van der Waals surface area contributed by atoms with Gasteiger partial charge >= 0.3 is 19.2 Å². The highest BCUT2D eigenvalue weighted by Crippen LogP contribution is 2.57. The normalized spacial score (nSPS) is 17.5. The van der Waals surface area contributed by atoms with Crippen LogP contribution < -0.4 is 10.8 Å². The van der Waals surface area contributed by atoms with Crippen LogP contribution in [0.2, 0.25) is 0 Å². The number of carboxylic acid groups (broad SMARTS) is 1. The molecule has 5 aromatic rings. The van der Waals surface area contributed by atoms with E-state index in [2.05, 4.69) is 137 Å². The van der Waals surface area contributed by atoms with E-state index in [9.17, 15) is 14.7 Å². The lowest BCUT2D eigenvalue weighted by molar-refractivity contribution is -0.137. The van der Waals surface area contributed by atoms with Gasteiger partial charge in [0.05, 0.1) is 37.6 Å². The third-order valence-corrected chi connectivity index (χ3v) is 16.3. The molecule has 0 radical (unpaired) electrons. The Morgan fingerprint density at radius 1 is 0.566 bits per heavy atom. The maximum absolute atomic E-state index is 12.6. The Balaban J connectivity index is 1.17. The minimum atomic E-state index is -0.765. The topological polar surface area (TPSA) is 131 Å². The van der Waals surface area contributed by atoms with Crippen molar-refractivity contribution in [1.29, 1.82) is 0 Å². The number of aryl methyl sites for hydroxylation is 1. The number of rotatable bonds is 26. The predicted molar refractivity (Wildman–Crippen MR) is 304 cm³/mol. The van der Waals surface area contributed by atoms with E-state index < -0.39 is 36.0 Å². The van der Waals surface area contributed by atoms with Crippen LogP contribution in [0.4, 0.5) is 4.79 Å². The van der Waals surface area contributed by atoms with E-state index in [1.165, 1.54) is 50.1 Å². The molecule has 1 saturated heterocycles. The van der Waals surface area contributed by atoms with Crippen molar-refractivity contribution < 1.29 is 47.7 Å². The molecule has 1 amide bonds. The average molecular weight is 1040 g/mol. The number of unbranched alkanes of at least 4 members (excludes halogenated alkanes) is 1. The van der Waals surface area contributed by atoms with Gasteiger partial charge in [-0.1, -0.05) is 92.2 Å². The van der Waals surface area contributed by atoms with Gasteiger partial charge in [-0.3, -0.25) is 4.79 Å². The number of hydrogen-bond acceptors (Lipinski definition) is 9. The maximum atomic E-state index is 12.6. The molecule has 406 valence electrons. The van der Waals surface area contributed by atoms with Crippen LogP contribution in [0, 0.1) is 0 Å². The van der Waals surface area contributed by atoms with Gasteiger partial charge in [0, 0.05) is 51.2 Å². The number of amides is 1. The number of nitrogens with one attached hydrogen (secondary N) is 1. The Morgan fingerprint density at radius 2 is 1.05 bits per heavy atom. The van der Waals surface area contributed by atoms with Crippen molar-refractivity contribution >= 4 is 24.6 Å². The largest absolute Gasteiger partial charge is 0.494 e. The van der Waals surface area contributed by atoms with E-state index in [0.717, 1.165) is 79.1 Å². The SMILES string of the molecule is COCCOCCCC1(CCCOCCOC)c2cc(-c3ccc(CCCC(=O)O)cc3)ccc2-c2ccc(-c3ccc4c(c3)C(C)(CCCCNC(=O)OC(C)(C)C)c3cc(B5OC(C)(C)C(C)(C)O5)ccc3-4)cc21. The summed E-state index contributed by atoms with van der Waals surface area (Å²) in [7, 11) is 2.92. The van der Waals surface area contributed by atoms with Crippen LogP contribution >= 0.6 is 0 Å². The molecule has 2 aliphatic carbocycles. The second-order valence-corrected chi connectivity index (χ2v) is 23.3. The number of ether oxygens (including phenoxy) is 5. The minimum absolute atomic E-state index is 0.162. The van der Waals surface area contributed by atoms with E-state index in [0.29, 0.717) is 52.6 Å². The Hall–Kier alpha value is -5.34. The summed E-state index contributed by atoms with van der Waals surface area (Å²) in [5, 5.41) is 12.2. The summed E-state index contributed by atoms with van der Waals surface area (Å²) in [6.45, 7) is 20.4. The quantitative estimate of drug-likeness (QED) is 0.0408. The molecule has 12 heteroatoms. The van der Waals surface area contributed by atoms with E-state index in [1.54, 1.807) is 14.2 Å². The van der Waals surface area contributed by atoms with Crippen LogP contribution in [-0.4, -0.2) is 101 Å². The van der Waals surface area contributed by atoms with Gasteiger partial charge in [-0.15, -0.1) is 0 Å². The first kappa shape index (κ1) is 56.9. The van der Waals surface area contributed by atoms with Crippen molar-refractivity contribution in [3.63, 3.8) is 0 Å². The summed E-state index contributed by atoms with van der Waals surface area (Å²) in [5.41, 5.74) is 14.8. The smallest absolute Gasteiger partial charge is 0.481 e. The molecule has 1 aliphatic heterocycles. The van der Waals surface area contributed by atoms with E-state index >= 15 is 0 Å². The number of carbonyl (C=O) groups is 2. The second kappa shape index (κ2) is 24.1. The van der Waals surface area contributed by atoms with Gasteiger partial charge < -0.3 is 43.4 Å². The fourth-order valence-electron chi connectivity index (χ4n) is 11.6. The van der Waals surface area contributed by atoms with Crippen LogP contribution in [0.15, 0.2) is 97.1 Å². The molecule has 1 atom stereocenters. The zero-order valence-electron chi connectivity index (χ0n) is 47.0. The first-order chi connectivity index (χ1) is 36.3. The molecule has 2 N–H and O–H groups in total. The number of aliphatic carboxylic acids is 1. The Bertz CT molecular complexity index is 2780. The van der Waals surface area contributed by atoms with Gasteiger partial charge in [0.15, 0.2) is 0 Å². The van der Waals surface area contributed by atoms with Crippen LogP contribution in [0.5, 0.6) is 0 Å². The highest BCUT2D eigenvalue weighted by atomic mass is 16.7. The van der Waals surface area contributed by atoms with Gasteiger partial charge in [0.1, 0.15) is 5.60 Å². The fourth-order valence-corrected chi connectivity index (χ4v) is 11.6. The first-order valence-electron chi connectivity index (χ1n) is 27.7. The number of methoxy groups -OCH3 is 2. The number of benzene rings is 5. The summed E-state index contributed by atoms with van der Waals surface area (Å²) in [4.78, 5) is 23.8. The summed E-state index contributed by atoms with van der Waals surface area (Å²) in [6.07, 6.45) is 7.18. The molecular weight excluding hydrogens is 954 g/mol. The maximum Gasteiger partial charge on any atom is 0.494 e. The third kappa shape index (κ3) is 12.6. The van der Waals surface area contributed by atoms with Crippen molar-refractivity contribution in [1.82, 2.24) is 5.32 Å². The Kier molecular flexibility index (Phi) is 18.1. The van der Waals surface area contributed by atoms with E-state index in [1.807, 2.05) is 20.8 Å². The zero-order chi connectivity index (χ0) is 54.3. The lowest BCUT2D eigenvalue weighted by Crippen LogP contribution is -2.41. The zero-order valence-corrected chi connectivity index (χ0v) is 47.0. The standard InChI is InChI=1S/C64H82BNO10/c1-60(2,3)74-59(69)66-33-12-11-30-63(8)54-40-47(23-26-50(54)51-29-25-49(43-55(51)63)65-75-61(4,5)62(6,7)76-65)48-24-28-53-52-27-22-46(45-20-18-44(19-21-45)16-13-17-58(67)68)41-56(52)64(57(53)42-48,31-14-34-72-38-36-70-9)32-15-35-73-39-37-71-10/h18-29,40-43H,11-17,30-39H2,1-10H3,(H,66,69)(H,67,68). The molecule has 0 saturated carbocycles. The summed E-state index contributed by atoms with van der Waals surface area (Å²) >= 11 is 0. The number of fused-ring (bicyclic) bond motifs is 6. The molecule has 8 rings (SSSR count). The Labute approximate surface area is 452 Å². The number of carboxylic acids is 1. The van der Waals surface area contributed by atoms with E-state index in [-0.39, 0.29) is 17.3 Å². The highest BCUT2D eigenvalue weighted by Gasteiger charge is 2.52. The first-order valence-corrected chi connectivity index (χ1v) is 27.7. The molecule has 0 aromatic heterocycles. The van der Waals surface area contributed by atoms with Crippen LogP contribution in [0.25, 0.3) is 44.5 Å². The molecular formula is C64H82BNO10. The van der Waals surface area contributed by atoms with Crippen molar-refractivity contribution in [3.05, 3.63) is 125 Å². The van der Waals surface area contributed by atoms with Crippen LogP contribution in [-0.2, 0) is 55.0 Å². The molecule has 5 aromatic carbocycles. The highest BCUT2D eigenvalue weighted by molar-refractivity contribution is 6.62.